The summed E-state index contributed by atoms with van der Waals surface area (Å²) in [5.41, 5.74) is 3.67. The third-order valence-corrected chi connectivity index (χ3v) is 4.80. The van der Waals surface area contributed by atoms with Gasteiger partial charge in [-0.05, 0) is 25.6 Å². The van der Waals surface area contributed by atoms with Gasteiger partial charge >= 0.3 is 0 Å². The lowest BCUT2D eigenvalue weighted by Gasteiger charge is -2.31. The highest BCUT2D eigenvalue weighted by molar-refractivity contribution is 7.09. The van der Waals surface area contributed by atoms with E-state index < -0.39 is 0 Å². The Hall–Kier alpha value is -2.33. The van der Waals surface area contributed by atoms with Crippen molar-refractivity contribution in [2.24, 2.45) is 0 Å². The first kappa shape index (κ1) is 15.6. The summed E-state index contributed by atoms with van der Waals surface area (Å²) in [5, 5.41) is 15.4. The Morgan fingerprint density at radius 1 is 1.48 bits per heavy atom. The highest BCUT2D eigenvalue weighted by atomic mass is 32.1. The molecule has 0 bridgehead atoms. The van der Waals surface area contributed by atoms with Crippen LogP contribution >= 0.6 is 11.3 Å². The number of hydrogen-bond acceptors (Lipinski definition) is 6. The van der Waals surface area contributed by atoms with Gasteiger partial charge in [-0.25, -0.2) is 10.2 Å². The molecular weight excluding hydrogens is 305 g/mol. The minimum atomic E-state index is 0.178. The molecule has 0 atom stereocenters. The van der Waals surface area contributed by atoms with Crippen LogP contribution in [-0.4, -0.2) is 29.8 Å². The molecule has 0 aliphatic carbocycles. The second-order valence-electron chi connectivity index (χ2n) is 5.64. The fraction of sp³-hybridized carbons (Fsp3) is 0.312. The number of nitrogens with one attached hydrogen (secondary N) is 1. The lowest BCUT2D eigenvalue weighted by Crippen LogP contribution is -2.36. The number of pyridine rings is 1. The summed E-state index contributed by atoms with van der Waals surface area (Å²) in [4.78, 5) is 11.0. The largest absolute Gasteiger partial charge is 0.371 e. The zero-order valence-electron chi connectivity index (χ0n) is 13.1. The van der Waals surface area contributed by atoms with Crippen LogP contribution in [0.5, 0.6) is 0 Å². The van der Waals surface area contributed by atoms with Crippen LogP contribution in [0.2, 0.25) is 12.6 Å². The van der Waals surface area contributed by atoms with Crippen LogP contribution in [0.3, 0.4) is 0 Å². The van der Waals surface area contributed by atoms with Crippen molar-refractivity contribution in [3.05, 3.63) is 41.1 Å². The van der Waals surface area contributed by atoms with Crippen molar-refractivity contribution in [2.45, 2.75) is 19.6 Å². The van der Waals surface area contributed by atoms with Gasteiger partial charge in [0.05, 0.1) is 34.0 Å². The molecule has 1 saturated heterocycles. The monoisotopic (exact) mass is 323 g/mol. The Bertz CT molecular complexity index is 743. The van der Waals surface area contributed by atoms with Gasteiger partial charge in [0.1, 0.15) is 0 Å². The van der Waals surface area contributed by atoms with Crippen LogP contribution < -0.4 is 10.2 Å². The van der Waals surface area contributed by atoms with Crippen molar-refractivity contribution in [2.75, 3.05) is 23.3 Å². The van der Waals surface area contributed by atoms with Crippen molar-refractivity contribution in [1.82, 2.24) is 9.97 Å². The summed E-state index contributed by atoms with van der Waals surface area (Å²) >= 11 is 1.61. The van der Waals surface area contributed by atoms with Gasteiger partial charge in [0.15, 0.2) is 0 Å². The Balaban J connectivity index is 1.76. The van der Waals surface area contributed by atoms with Crippen molar-refractivity contribution in [3.8, 4) is 5.97 Å². The van der Waals surface area contributed by atoms with Crippen molar-refractivity contribution < 1.29 is 0 Å². The Morgan fingerprint density at radius 2 is 2.26 bits per heavy atom. The van der Waals surface area contributed by atoms with Gasteiger partial charge in [-0.2, -0.15) is 0 Å². The molecule has 0 unspecified atom stereocenters. The second kappa shape index (κ2) is 6.84. The van der Waals surface area contributed by atoms with Gasteiger partial charge in [0.25, 0.3) is 6.71 Å². The molecule has 3 rings (SSSR count). The Kier molecular flexibility index (Phi) is 4.63. The van der Waals surface area contributed by atoms with Crippen LogP contribution in [0.1, 0.15) is 10.7 Å². The van der Waals surface area contributed by atoms with Gasteiger partial charge in [0.2, 0.25) is 0 Å². The molecule has 2 aromatic rings. The number of thiazole rings is 1. The van der Waals surface area contributed by atoms with Gasteiger partial charge in [0, 0.05) is 30.6 Å². The normalized spacial score (nSPS) is 14.4. The van der Waals surface area contributed by atoms with Crippen molar-refractivity contribution in [1.29, 1.82) is 5.26 Å². The number of hydrogen-bond donors (Lipinski definition) is 1. The zero-order chi connectivity index (χ0) is 16.2. The predicted molar refractivity (Wildman–Crippen MR) is 96.9 cm³/mol. The van der Waals surface area contributed by atoms with E-state index in [1.807, 2.05) is 24.6 Å². The lowest BCUT2D eigenvalue weighted by atomic mass is 9.45. The topological polar surface area (TPSA) is 64.8 Å². The van der Waals surface area contributed by atoms with E-state index >= 15 is 0 Å². The number of rotatable bonds is 4. The minimum Gasteiger partial charge on any atom is -0.371 e. The fourth-order valence-electron chi connectivity index (χ4n) is 2.74. The molecule has 0 aromatic carbocycles. The number of nitriles is 1. The van der Waals surface area contributed by atoms with Crippen molar-refractivity contribution in [3.63, 3.8) is 0 Å². The third kappa shape index (κ3) is 3.54. The number of anilines is 2. The molecule has 7 heteroatoms. The first-order valence-corrected chi connectivity index (χ1v) is 8.52. The van der Waals surface area contributed by atoms with Crippen LogP contribution in [0.25, 0.3) is 5.70 Å². The van der Waals surface area contributed by atoms with Crippen LogP contribution in [-0.2, 0) is 0 Å². The molecule has 5 nitrogen and oxygen atoms in total. The fourth-order valence-corrected chi connectivity index (χ4v) is 3.37. The minimum absolute atomic E-state index is 0.178. The van der Waals surface area contributed by atoms with Crippen LogP contribution in [0, 0.1) is 18.2 Å². The molecule has 0 saturated carbocycles. The molecule has 1 aliphatic heterocycles. The molecule has 3 heterocycles. The number of nitrogens with zero attached hydrogens (tertiary/aromatic N) is 4. The van der Waals surface area contributed by atoms with Crippen molar-refractivity contribution >= 4 is 35.1 Å². The van der Waals surface area contributed by atoms with E-state index in [9.17, 15) is 0 Å². The van der Waals surface area contributed by atoms with E-state index in [1.165, 1.54) is 0 Å². The maximum absolute atomic E-state index is 9.04. The average Bonchev–Trinajstić information content (AvgIpc) is 3.02. The average molecular weight is 323 g/mol. The van der Waals surface area contributed by atoms with E-state index in [0.717, 1.165) is 53.5 Å². The SMILES string of the molecule is C=C(Nc1cnccc1N1CCB(C#N)CC1)c1csc(C)n1. The molecule has 0 radical (unpaired) electrons. The molecule has 1 N–H and O–H groups in total. The molecule has 0 spiro atoms. The highest BCUT2D eigenvalue weighted by Crippen LogP contribution is 2.30. The van der Waals surface area contributed by atoms with E-state index in [1.54, 1.807) is 17.5 Å². The summed E-state index contributed by atoms with van der Waals surface area (Å²) < 4.78 is 0. The van der Waals surface area contributed by atoms with E-state index in [0.29, 0.717) is 0 Å². The molecule has 23 heavy (non-hydrogen) atoms. The summed E-state index contributed by atoms with van der Waals surface area (Å²) in [7, 11) is 0. The highest BCUT2D eigenvalue weighted by Gasteiger charge is 2.24. The summed E-state index contributed by atoms with van der Waals surface area (Å²) in [6.45, 7) is 8.03. The van der Waals surface area contributed by atoms with Crippen LogP contribution in [0.15, 0.2) is 30.4 Å². The molecular formula is C16H18BN5S. The first-order chi connectivity index (χ1) is 11.2. The lowest BCUT2D eigenvalue weighted by molar-refractivity contribution is 0.822. The maximum Gasteiger partial charge on any atom is 0.271 e. The Morgan fingerprint density at radius 3 is 2.91 bits per heavy atom. The zero-order valence-corrected chi connectivity index (χ0v) is 13.9. The van der Waals surface area contributed by atoms with Gasteiger partial charge in [-0.1, -0.05) is 6.58 Å². The quantitative estimate of drug-likeness (QED) is 0.875. The first-order valence-electron chi connectivity index (χ1n) is 7.64. The maximum atomic E-state index is 9.04. The van der Waals surface area contributed by atoms with Gasteiger partial charge in [-0.3, -0.25) is 4.98 Å². The summed E-state index contributed by atoms with van der Waals surface area (Å²) in [6, 6.07) is 2.01. The van der Waals surface area contributed by atoms with Crippen LogP contribution in [0.4, 0.5) is 11.4 Å². The predicted octanol–water partition coefficient (Wildman–Crippen LogP) is 3.31. The number of aryl methyl sites for hydroxylation is 1. The summed E-state index contributed by atoms with van der Waals surface area (Å²) in [5.74, 6) is 2.37. The smallest absolute Gasteiger partial charge is 0.271 e. The van der Waals surface area contributed by atoms with Gasteiger partial charge in [-0.15, -0.1) is 11.3 Å². The van der Waals surface area contributed by atoms with E-state index in [2.05, 4.69) is 32.7 Å². The Labute approximate surface area is 140 Å². The third-order valence-electron chi connectivity index (χ3n) is 4.03. The standard InChI is InChI=1S/C16H18BN5S/c1-12(15-10-23-13(2)21-15)20-14-9-19-6-3-16(14)22-7-4-17(11-18)5-8-22/h3,6,9-10,20H,1,4-5,7-8H2,2H3. The van der Waals surface area contributed by atoms with E-state index in [4.69, 9.17) is 5.26 Å². The molecule has 1 fully saturated rings. The molecule has 0 amide bonds. The molecule has 116 valence electrons. The number of aromatic nitrogens is 2. The second-order valence-corrected chi connectivity index (χ2v) is 6.70. The molecule has 2 aromatic heterocycles. The van der Waals surface area contributed by atoms with E-state index in [-0.39, 0.29) is 6.71 Å². The summed E-state index contributed by atoms with van der Waals surface area (Å²) in [6.07, 6.45) is 5.43. The molecule has 1 aliphatic rings. The van der Waals surface area contributed by atoms with Gasteiger partial charge < -0.3 is 10.2 Å².